The van der Waals surface area contributed by atoms with E-state index in [0.29, 0.717) is 0 Å². The first-order valence-corrected chi connectivity index (χ1v) is 10.8. The normalized spacial score (nSPS) is 12.1. The summed E-state index contributed by atoms with van der Waals surface area (Å²) >= 11 is 1.21. The maximum absolute atomic E-state index is 12.2. The van der Waals surface area contributed by atoms with Crippen molar-refractivity contribution < 1.29 is 21.6 Å². The first-order valence-electron chi connectivity index (χ1n) is 6.59. The Labute approximate surface area is 139 Å². The molecule has 124 valence electrons. The van der Waals surface area contributed by atoms with Crippen LogP contribution < -0.4 is 4.72 Å². The number of sulfonamides is 1. The molecular weight excluding hydrogens is 358 g/mol. The number of carbonyl (C=O) groups is 1. The SMILES string of the molecule is CCc1ccc(C(=O)NS(=O)(=O)c2cccc(S(C)(=O)=O)c2)s1. The average Bonchev–Trinajstić information content (AvgIpc) is 2.95. The van der Waals surface area contributed by atoms with E-state index < -0.39 is 25.8 Å². The second-order valence-electron chi connectivity index (χ2n) is 4.80. The molecular formula is C14H15NO5S3. The van der Waals surface area contributed by atoms with Crippen molar-refractivity contribution >= 4 is 37.1 Å². The molecule has 1 N–H and O–H groups in total. The number of thiophene rings is 1. The Morgan fingerprint density at radius 1 is 1.09 bits per heavy atom. The van der Waals surface area contributed by atoms with Crippen LogP contribution in [0.15, 0.2) is 46.2 Å². The molecule has 0 atom stereocenters. The van der Waals surface area contributed by atoms with Crippen LogP contribution in [0, 0.1) is 0 Å². The summed E-state index contributed by atoms with van der Waals surface area (Å²) in [6.45, 7) is 1.93. The minimum atomic E-state index is -4.15. The molecule has 1 heterocycles. The monoisotopic (exact) mass is 373 g/mol. The van der Waals surface area contributed by atoms with Gasteiger partial charge in [0.2, 0.25) is 0 Å². The van der Waals surface area contributed by atoms with Crippen LogP contribution in [0.3, 0.4) is 0 Å². The third-order valence-corrected chi connectivity index (χ3v) is 6.67. The van der Waals surface area contributed by atoms with Gasteiger partial charge in [-0.15, -0.1) is 11.3 Å². The van der Waals surface area contributed by atoms with E-state index in [9.17, 15) is 21.6 Å². The van der Waals surface area contributed by atoms with Crippen LogP contribution in [0.4, 0.5) is 0 Å². The summed E-state index contributed by atoms with van der Waals surface area (Å²) in [5.74, 6) is -0.737. The Morgan fingerprint density at radius 2 is 1.74 bits per heavy atom. The van der Waals surface area contributed by atoms with Gasteiger partial charge in [0.05, 0.1) is 14.7 Å². The van der Waals surface area contributed by atoms with Crippen molar-refractivity contribution in [1.29, 1.82) is 0 Å². The highest BCUT2D eigenvalue weighted by atomic mass is 32.2. The molecule has 0 bridgehead atoms. The predicted octanol–water partition coefficient (Wildman–Crippen LogP) is 1.83. The van der Waals surface area contributed by atoms with Gasteiger partial charge in [-0.05, 0) is 36.8 Å². The lowest BCUT2D eigenvalue weighted by Gasteiger charge is -2.07. The molecule has 6 nitrogen and oxygen atoms in total. The van der Waals surface area contributed by atoms with E-state index >= 15 is 0 Å². The highest BCUT2D eigenvalue weighted by Gasteiger charge is 2.21. The minimum absolute atomic E-state index is 0.128. The maximum atomic E-state index is 12.2. The molecule has 2 rings (SSSR count). The fraction of sp³-hybridized carbons (Fsp3) is 0.214. The number of hydrogen-bond acceptors (Lipinski definition) is 6. The van der Waals surface area contributed by atoms with Gasteiger partial charge >= 0.3 is 0 Å². The minimum Gasteiger partial charge on any atom is -0.267 e. The standard InChI is InChI=1S/C14H15NO5S3/c1-3-10-7-8-13(21-10)14(16)15-23(19,20)12-6-4-5-11(9-12)22(2,17)18/h4-9H,3H2,1-2H3,(H,15,16). The summed E-state index contributed by atoms with van der Waals surface area (Å²) in [6.07, 6.45) is 1.73. The summed E-state index contributed by atoms with van der Waals surface area (Å²) < 4.78 is 49.5. The number of aryl methyl sites for hydroxylation is 1. The van der Waals surface area contributed by atoms with Crippen molar-refractivity contribution in [2.75, 3.05) is 6.26 Å². The molecule has 2 aromatic rings. The molecule has 1 amide bonds. The van der Waals surface area contributed by atoms with E-state index in [2.05, 4.69) is 0 Å². The van der Waals surface area contributed by atoms with Crippen LogP contribution in [0.1, 0.15) is 21.5 Å². The third kappa shape index (κ3) is 4.18. The Hall–Kier alpha value is -1.71. The Morgan fingerprint density at radius 3 is 2.30 bits per heavy atom. The summed E-state index contributed by atoms with van der Waals surface area (Å²) in [5, 5.41) is 0. The molecule has 0 unspecified atom stereocenters. The fourth-order valence-corrected chi connectivity index (χ4v) is 4.45. The van der Waals surface area contributed by atoms with E-state index in [1.165, 1.54) is 29.5 Å². The van der Waals surface area contributed by atoms with E-state index in [4.69, 9.17) is 0 Å². The number of hydrogen-bond donors (Lipinski definition) is 1. The number of benzene rings is 1. The van der Waals surface area contributed by atoms with Crippen LogP contribution in [-0.4, -0.2) is 29.0 Å². The molecule has 0 spiro atoms. The van der Waals surface area contributed by atoms with Crippen LogP contribution in [0.2, 0.25) is 0 Å². The fourth-order valence-electron chi connectivity index (χ4n) is 1.79. The second kappa shape index (κ2) is 6.42. The Balaban J connectivity index is 2.30. The second-order valence-corrected chi connectivity index (χ2v) is 9.67. The molecule has 0 fully saturated rings. The van der Waals surface area contributed by atoms with Crippen LogP contribution in [0.25, 0.3) is 0 Å². The number of carbonyl (C=O) groups excluding carboxylic acids is 1. The molecule has 1 aromatic heterocycles. The molecule has 0 saturated heterocycles. The summed E-state index contributed by atoms with van der Waals surface area (Å²) in [5.41, 5.74) is 0. The van der Waals surface area contributed by atoms with E-state index in [1.807, 2.05) is 11.6 Å². The smallest absolute Gasteiger partial charge is 0.267 e. The van der Waals surface area contributed by atoms with Crippen molar-refractivity contribution in [3.8, 4) is 0 Å². The van der Waals surface area contributed by atoms with Gasteiger partial charge in [0.15, 0.2) is 9.84 Å². The Kier molecular flexibility index (Phi) is 4.92. The number of sulfone groups is 1. The number of nitrogens with one attached hydrogen (secondary N) is 1. The van der Waals surface area contributed by atoms with Gasteiger partial charge in [0.25, 0.3) is 15.9 Å². The molecule has 0 saturated carbocycles. The highest BCUT2D eigenvalue weighted by Crippen LogP contribution is 2.19. The van der Waals surface area contributed by atoms with Gasteiger partial charge in [0, 0.05) is 11.1 Å². The molecule has 0 aliphatic heterocycles. The zero-order valence-electron chi connectivity index (χ0n) is 12.4. The average molecular weight is 373 g/mol. The van der Waals surface area contributed by atoms with Crippen molar-refractivity contribution in [3.05, 3.63) is 46.2 Å². The largest absolute Gasteiger partial charge is 0.275 e. The van der Waals surface area contributed by atoms with E-state index in [-0.39, 0.29) is 14.7 Å². The van der Waals surface area contributed by atoms with E-state index in [0.717, 1.165) is 23.6 Å². The molecule has 1 aromatic carbocycles. The molecule has 0 aliphatic rings. The first kappa shape index (κ1) is 17.6. The van der Waals surface area contributed by atoms with Gasteiger partial charge in [-0.1, -0.05) is 13.0 Å². The van der Waals surface area contributed by atoms with Crippen LogP contribution >= 0.6 is 11.3 Å². The van der Waals surface area contributed by atoms with Gasteiger partial charge in [0.1, 0.15) is 0 Å². The first-order chi connectivity index (χ1) is 10.6. The summed E-state index contributed by atoms with van der Waals surface area (Å²) in [4.78, 5) is 12.9. The topological polar surface area (TPSA) is 97.4 Å². The highest BCUT2D eigenvalue weighted by molar-refractivity contribution is 7.91. The van der Waals surface area contributed by atoms with Gasteiger partial charge < -0.3 is 0 Å². The van der Waals surface area contributed by atoms with Gasteiger partial charge in [-0.25, -0.2) is 21.6 Å². The molecule has 9 heteroatoms. The summed E-state index contributed by atoms with van der Waals surface area (Å²) in [6, 6.07) is 8.18. The van der Waals surface area contributed by atoms with Gasteiger partial charge in [-0.3, -0.25) is 4.79 Å². The lowest BCUT2D eigenvalue weighted by atomic mass is 10.3. The quantitative estimate of drug-likeness (QED) is 0.862. The third-order valence-electron chi connectivity index (χ3n) is 3.00. The number of rotatable bonds is 5. The zero-order valence-corrected chi connectivity index (χ0v) is 14.9. The molecule has 0 aliphatic carbocycles. The number of amides is 1. The zero-order chi connectivity index (χ0) is 17.3. The van der Waals surface area contributed by atoms with Crippen molar-refractivity contribution in [2.45, 2.75) is 23.1 Å². The van der Waals surface area contributed by atoms with Gasteiger partial charge in [-0.2, -0.15) is 0 Å². The predicted molar refractivity (Wildman–Crippen MR) is 87.9 cm³/mol. The maximum Gasteiger partial charge on any atom is 0.275 e. The van der Waals surface area contributed by atoms with Crippen molar-refractivity contribution in [3.63, 3.8) is 0 Å². The Bertz CT molecular complexity index is 942. The molecule has 0 radical (unpaired) electrons. The van der Waals surface area contributed by atoms with Crippen LogP contribution in [-0.2, 0) is 26.3 Å². The lowest BCUT2D eigenvalue weighted by molar-refractivity contribution is 0.0985. The lowest BCUT2D eigenvalue weighted by Crippen LogP contribution is -2.30. The van der Waals surface area contributed by atoms with E-state index in [1.54, 1.807) is 12.1 Å². The van der Waals surface area contributed by atoms with Crippen molar-refractivity contribution in [2.24, 2.45) is 0 Å². The van der Waals surface area contributed by atoms with Crippen LogP contribution in [0.5, 0.6) is 0 Å². The molecule has 23 heavy (non-hydrogen) atoms. The summed E-state index contributed by atoms with van der Waals surface area (Å²) in [7, 11) is -7.69. The van der Waals surface area contributed by atoms with Crippen molar-refractivity contribution in [1.82, 2.24) is 4.72 Å².